The summed E-state index contributed by atoms with van der Waals surface area (Å²) in [5, 5.41) is 0. The molecule has 0 amide bonds. The molecule has 1 atom stereocenters. The molecule has 474 valence electrons. The molecule has 0 fully saturated rings. The molecule has 0 spiro atoms. The summed E-state index contributed by atoms with van der Waals surface area (Å²) in [4.78, 5) is 38.3. The van der Waals surface area contributed by atoms with Gasteiger partial charge in [-0.15, -0.1) is 0 Å². The molecule has 0 aromatic heterocycles. The molecule has 0 aliphatic heterocycles. The van der Waals surface area contributed by atoms with E-state index in [0.717, 1.165) is 103 Å². The summed E-state index contributed by atoms with van der Waals surface area (Å²) >= 11 is 0. The van der Waals surface area contributed by atoms with Crippen LogP contribution in [-0.4, -0.2) is 37.2 Å². The lowest BCUT2D eigenvalue weighted by Gasteiger charge is -2.18. The fraction of sp³-hybridized carbons (Fsp3) is 0.776. The van der Waals surface area contributed by atoms with Gasteiger partial charge in [-0.05, 0) is 96.3 Å². The number of hydrogen-bond donors (Lipinski definition) is 0. The third kappa shape index (κ3) is 67.4. The number of rotatable bonds is 65. The van der Waals surface area contributed by atoms with E-state index in [1.165, 1.54) is 218 Å². The van der Waals surface area contributed by atoms with Gasteiger partial charge in [0, 0.05) is 19.3 Å². The SMILES string of the molecule is CC/C=C\C/C=C\C/C=C\C/C=C\CCCCCCCCCCCCCCCCCCCCC(=O)OCC(COC(=O)CCCCCCCCCCCC)OC(=O)CCCCCCCCCC/C=C\C/C=C\C/C=C\CCCCCCC. The molecule has 0 aromatic rings. The average molecular weight is 1140 g/mol. The van der Waals surface area contributed by atoms with Gasteiger partial charge >= 0.3 is 17.9 Å². The number of ether oxygens (including phenoxy) is 3. The molecule has 0 N–H and O–H groups in total. The molecule has 0 saturated carbocycles. The predicted octanol–water partition coefficient (Wildman–Crippen LogP) is 24.6. The smallest absolute Gasteiger partial charge is 0.306 e. The largest absolute Gasteiger partial charge is 0.462 e. The highest BCUT2D eigenvalue weighted by Crippen LogP contribution is 2.18. The van der Waals surface area contributed by atoms with E-state index in [-0.39, 0.29) is 31.1 Å². The third-order valence-corrected chi connectivity index (χ3v) is 15.6. The van der Waals surface area contributed by atoms with Crippen LogP contribution in [0.25, 0.3) is 0 Å². The Morgan fingerprint density at radius 1 is 0.256 bits per heavy atom. The first-order valence-electron chi connectivity index (χ1n) is 35.6. The van der Waals surface area contributed by atoms with Gasteiger partial charge in [-0.3, -0.25) is 14.4 Å². The highest BCUT2D eigenvalue weighted by molar-refractivity contribution is 5.71. The topological polar surface area (TPSA) is 78.9 Å². The van der Waals surface area contributed by atoms with Crippen molar-refractivity contribution < 1.29 is 28.6 Å². The Labute approximate surface area is 509 Å². The second kappa shape index (κ2) is 70.1. The van der Waals surface area contributed by atoms with Crippen molar-refractivity contribution in [2.24, 2.45) is 0 Å². The number of unbranched alkanes of at least 4 members (excludes halogenated alkanes) is 40. The van der Waals surface area contributed by atoms with E-state index in [0.29, 0.717) is 19.3 Å². The Kier molecular flexibility index (Phi) is 67.2. The van der Waals surface area contributed by atoms with Crippen LogP contribution in [0.2, 0.25) is 0 Å². The molecular weight excluding hydrogens is 1010 g/mol. The Morgan fingerprint density at radius 3 is 0.744 bits per heavy atom. The predicted molar refractivity (Wildman–Crippen MR) is 358 cm³/mol. The highest BCUT2D eigenvalue weighted by atomic mass is 16.6. The van der Waals surface area contributed by atoms with Gasteiger partial charge in [0.1, 0.15) is 13.2 Å². The van der Waals surface area contributed by atoms with Gasteiger partial charge in [0.25, 0.3) is 0 Å². The second-order valence-corrected chi connectivity index (χ2v) is 23.8. The van der Waals surface area contributed by atoms with E-state index in [1.807, 2.05) is 0 Å². The molecule has 0 saturated heterocycles. The summed E-state index contributed by atoms with van der Waals surface area (Å²) in [5.74, 6) is -0.864. The van der Waals surface area contributed by atoms with E-state index < -0.39 is 6.10 Å². The van der Waals surface area contributed by atoms with E-state index in [9.17, 15) is 14.4 Å². The average Bonchev–Trinajstić information content (AvgIpc) is 3.47. The van der Waals surface area contributed by atoms with Gasteiger partial charge in [-0.25, -0.2) is 0 Å². The standard InChI is InChI=1S/C76H134O6/c1-4-7-10-13-16-19-22-24-26-28-30-32-34-35-36-37-38-39-40-41-43-44-46-48-50-52-54-57-60-63-66-69-75(78)81-72-73(71-80-74(77)68-65-62-59-56-21-18-15-12-9-6-3)82-76(79)70-67-64-61-58-55-53-51-49-47-45-42-33-31-29-27-25-23-20-17-14-11-8-5-2/h7,10,16,19,23-26,29-32,42,45,73H,4-6,8-9,11-15,17-18,20-22,27-28,33-41,43-44,46-72H2,1-3H3/b10-7-,19-16-,25-23-,26-24-,31-29-,32-30-,45-42-. The van der Waals surface area contributed by atoms with E-state index in [1.54, 1.807) is 0 Å². The lowest BCUT2D eigenvalue weighted by Crippen LogP contribution is -2.30. The van der Waals surface area contributed by atoms with Gasteiger partial charge < -0.3 is 14.2 Å². The Hall–Kier alpha value is -3.41. The fourth-order valence-electron chi connectivity index (χ4n) is 10.3. The molecule has 0 heterocycles. The monoisotopic (exact) mass is 1140 g/mol. The Balaban J connectivity index is 4.15. The maximum absolute atomic E-state index is 12.9. The summed E-state index contributed by atoms with van der Waals surface area (Å²) < 4.78 is 16.9. The van der Waals surface area contributed by atoms with Crippen LogP contribution in [-0.2, 0) is 28.6 Å². The maximum atomic E-state index is 12.9. The normalized spacial score (nSPS) is 12.6. The van der Waals surface area contributed by atoms with Crippen molar-refractivity contribution in [2.45, 2.75) is 367 Å². The first-order chi connectivity index (χ1) is 40.5. The highest BCUT2D eigenvalue weighted by Gasteiger charge is 2.19. The number of allylic oxidation sites excluding steroid dienone is 14. The maximum Gasteiger partial charge on any atom is 0.306 e. The van der Waals surface area contributed by atoms with Crippen LogP contribution in [0.5, 0.6) is 0 Å². The van der Waals surface area contributed by atoms with E-state index in [4.69, 9.17) is 14.2 Å². The molecule has 0 bridgehead atoms. The van der Waals surface area contributed by atoms with Crippen molar-refractivity contribution in [3.63, 3.8) is 0 Å². The summed E-state index contributed by atoms with van der Waals surface area (Å²) in [5.41, 5.74) is 0. The zero-order valence-corrected chi connectivity index (χ0v) is 54.5. The van der Waals surface area contributed by atoms with E-state index >= 15 is 0 Å². The quantitative estimate of drug-likeness (QED) is 0.0261. The zero-order chi connectivity index (χ0) is 59.2. The van der Waals surface area contributed by atoms with Gasteiger partial charge in [0.15, 0.2) is 6.10 Å². The molecule has 0 rings (SSSR count). The van der Waals surface area contributed by atoms with Crippen molar-refractivity contribution >= 4 is 17.9 Å². The molecule has 6 nitrogen and oxygen atoms in total. The first-order valence-corrected chi connectivity index (χ1v) is 35.6. The molecule has 6 heteroatoms. The van der Waals surface area contributed by atoms with Crippen LogP contribution in [0.1, 0.15) is 361 Å². The number of carbonyl (C=O) groups is 3. The van der Waals surface area contributed by atoms with Crippen LogP contribution in [0, 0.1) is 0 Å². The summed E-state index contributed by atoms with van der Waals surface area (Å²) in [6, 6.07) is 0. The van der Waals surface area contributed by atoms with Crippen molar-refractivity contribution in [3.05, 3.63) is 85.1 Å². The fourth-order valence-corrected chi connectivity index (χ4v) is 10.3. The van der Waals surface area contributed by atoms with Gasteiger partial charge in [-0.1, -0.05) is 331 Å². The van der Waals surface area contributed by atoms with Gasteiger partial charge in [0.05, 0.1) is 0 Å². The lowest BCUT2D eigenvalue weighted by molar-refractivity contribution is -0.167. The minimum atomic E-state index is -0.778. The summed E-state index contributed by atoms with van der Waals surface area (Å²) in [6.45, 7) is 6.54. The van der Waals surface area contributed by atoms with Gasteiger partial charge in [-0.2, -0.15) is 0 Å². The van der Waals surface area contributed by atoms with Crippen LogP contribution >= 0.6 is 0 Å². The molecular formula is C76H134O6. The van der Waals surface area contributed by atoms with Crippen LogP contribution in [0.4, 0.5) is 0 Å². The molecule has 1 unspecified atom stereocenters. The molecule has 0 radical (unpaired) electrons. The Bertz CT molecular complexity index is 1550. The molecule has 0 aliphatic rings. The number of esters is 3. The molecule has 0 aliphatic carbocycles. The van der Waals surface area contributed by atoms with Crippen LogP contribution < -0.4 is 0 Å². The van der Waals surface area contributed by atoms with E-state index in [2.05, 4.69) is 106 Å². The van der Waals surface area contributed by atoms with Crippen molar-refractivity contribution in [3.8, 4) is 0 Å². The van der Waals surface area contributed by atoms with Crippen molar-refractivity contribution in [2.75, 3.05) is 13.2 Å². The first kappa shape index (κ1) is 78.6. The van der Waals surface area contributed by atoms with Crippen LogP contribution in [0.3, 0.4) is 0 Å². The lowest BCUT2D eigenvalue weighted by atomic mass is 10.0. The summed E-state index contributed by atoms with van der Waals surface area (Å²) in [6.07, 6.45) is 93.4. The zero-order valence-electron chi connectivity index (χ0n) is 54.5. The van der Waals surface area contributed by atoms with Crippen LogP contribution in [0.15, 0.2) is 85.1 Å². The number of hydrogen-bond acceptors (Lipinski definition) is 6. The van der Waals surface area contributed by atoms with Crippen molar-refractivity contribution in [1.82, 2.24) is 0 Å². The Morgan fingerprint density at radius 2 is 0.476 bits per heavy atom. The molecule has 82 heavy (non-hydrogen) atoms. The number of carbonyl (C=O) groups excluding carboxylic acids is 3. The van der Waals surface area contributed by atoms with Gasteiger partial charge in [0.2, 0.25) is 0 Å². The minimum absolute atomic E-state index is 0.0744. The van der Waals surface area contributed by atoms with Crippen molar-refractivity contribution in [1.29, 1.82) is 0 Å². The summed E-state index contributed by atoms with van der Waals surface area (Å²) in [7, 11) is 0. The molecule has 0 aromatic carbocycles. The third-order valence-electron chi connectivity index (χ3n) is 15.6. The minimum Gasteiger partial charge on any atom is -0.462 e. The second-order valence-electron chi connectivity index (χ2n) is 23.8.